The second-order valence-electron chi connectivity index (χ2n) is 8.19. The van der Waals surface area contributed by atoms with Gasteiger partial charge < -0.3 is 10.4 Å². The molecule has 1 saturated carbocycles. The quantitative estimate of drug-likeness (QED) is 0.720. The molecule has 3 aliphatic rings. The standard InChI is InChI=1S/C20H24ClN5O2S/c21-13-8-22-17(23-9-13)2-6-26-10-15-14-3-7-29(28)18(14)19(24-16(15)11-26)25-20(12-27)4-1-5-20/h8-9,27H,1-7,10-12H2,(H,24,25)/t29-/m1/s1. The third kappa shape index (κ3) is 3.56. The molecule has 2 aromatic heterocycles. The van der Waals surface area contributed by atoms with Crippen LogP contribution < -0.4 is 5.32 Å². The number of aromatic nitrogens is 3. The first-order valence-electron chi connectivity index (χ1n) is 10.1. The molecule has 154 valence electrons. The van der Waals surface area contributed by atoms with Gasteiger partial charge in [-0.1, -0.05) is 11.6 Å². The molecule has 0 radical (unpaired) electrons. The summed E-state index contributed by atoms with van der Waals surface area (Å²) in [6, 6.07) is 0. The van der Waals surface area contributed by atoms with Gasteiger partial charge in [0, 0.05) is 44.2 Å². The molecule has 9 heteroatoms. The maximum absolute atomic E-state index is 12.7. The first kappa shape index (κ1) is 19.4. The van der Waals surface area contributed by atoms with Crippen molar-refractivity contribution in [1.82, 2.24) is 19.9 Å². The van der Waals surface area contributed by atoms with E-state index in [1.807, 2.05) is 0 Å². The van der Waals surface area contributed by atoms with E-state index in [0.29, 0.717) is 10.8 Å². The zero-order chi connectivity index (χ0) is 20.0. The monoisotopic (exact) mass is 433 g/mol. The van der Waals surface area contributed by atoms with E-state index in [4.69, 9.17) is 16.6 Å². The minimum absolute atomic E-state index is 0.0837. The van der Waals surface area contributed by atoms with Crippen LogP contribution in [0.5, 0.6) is 0 Å². The van der Waals surface area contributed by atoms with Crippen molar-refractivity contribution >= 4 is 28.2 Å². The number of pyridine rings is 1. The third-order valence-corrected chi connectivity index (χ3v) is 7.96. The molecule has 0 spiro atoms. The second kappa shape index (κ2) is 7.58. The summed E-state index contributed by atoms with van der Waals surface area (Å²) in [6.45, 7) is 2.50. The fraction of sp³-hybridized carbons (Fsp3) is 0.550. The predicted octanol–water partition coefficient (Wildman–Crippen LogP) is 2.07. The number of rotatable bonds is 6. The van der Waals surface area contributed by atoms with Crippen molar-refractivity contribution in [2.75, 3.05) is 24.2 Å². The number of nitrogens with one attached hydrogen (secondary N) is 1. The molecule has 1 fully saturated rings. The average Bonchev–Trinajstić information content (AvgIpc) is 3.27. The molecule has 29 heavy (non-hydrogen) atoms. The molecule has 2 aliphatic heterocycles. The molecular formula is C20H24ClN5O2S. The molecule has 1 aliphatic carbocycles. The van der Waals surface area contributed by atoms with Crippen LogP contribution in [0.25, 0.3) is 0 Å². The van der Waals surface area contributed by atoms with E-state index in [1.54, 1.807) is 12.4 Å². The summed E-state index contributed by atoms with van der Waals surface area (Å²) in [6.07, 6.45) is 7.79. The van der Waals surface area contributed by atoms with Crippen LogP contribution in [0.2, 0.25) is 5.02 Å². The number of hydrogen-bond donors (Lipinski definition) is 2. The van der Waals surface area contributed by atoms with Gasteiger partial charge in [-0.15, -0.1) is 0 Å². The van der Waals surface area contributed by atoms with Gasteiger partial charge in [0.2, 0.25) is 0 Å². The highest BCUT2D eigenvalue weighted by Crippen LogP contribution is 2.41. The number of nitrogens with zero attached hydrogens (tertiary/aromatic N) is 4. The van der Waals surface area contributed by atoms with Gasteiger partial charge in [-0.2, -0.15) is 0 Å². The Balaban J connectivity index is 1.37. The molecule has 5 rings (SSSR count). The molecule has 0 aromatic carbocycles. The lowest BCUT2D eigenvalue weighted by atomic mass is 9.77. The normalized spacial score (nSPS) is 22.2. The maximum atomic E-state index is 12.7. The average molecular weight is 434 g/mol. The van der Waals surface area contributed by atoms with Crippen LogP contribution in [0.3, 0.4) is 0 Å². The summed E-state index contributed by atoms with van der Waals surface area (Å²) in [5.41, 5.74) is 3.20. The number of fused-ring (bicyclic) bond motifs is 3. The molecule has 0 saturated heterocycles. The molecule has 0 unspecified atom stereocenters. The third-order valence-electron chi connectivity index (χ3n) is 6.29. The van der Waals surface area contributed by atoms with Crippen LogP contribution in [0, 0.1) is 0 Å². The summed E-state index contributed by atoms with van der Waals surface area (Å²) in [7, 11) is -1.02. The molecule has 7 nitrogen and oxygen atoms in total. The van der Waals surface area contributed by atoms with Gasteiger partial charge >= 0.3 is 0 Å². The summed E-state index contributed by atoms with van der Waals surface area (Å²) in [5.74, 6) is 2.17. The Hall–Kier alpha value is -1.61. The fourth-order valence-corrected chi connectivity index (χ4v) is 5.97. The van der Waals surface area contributed by atoms with Crippen molar-refractivity contribution in [2.24, 2.45) is 0 Å². The van der Waals surface area contributed by atoms with Crippen LogP contribution in [-0.4, -0.2) is 53.6 Å². The van der Waals surface area contributed by atoms with Gasteiger partial charge in [0.05, 0.1) is 38.6 Å². The number of halogens is 1. The Labute approximate surface area is 177 Å². The lowest BCUT2D eigenvalue weighted by Crippen LogP contribution is -2.48. The van der Waals surface area contributed by atoms with Gasteiger partial charge in [-0.05, 0) is 36.8 Å². The summed E-state index contributed by atoms with van der Waals surface area (Å²) in [4.78, 5) is 16.7. The topological polar surface area (TPSA) is 91.2 Å². The molecule has 2 aromatic rings. The van der Waals surface area contributed by atoms with Crippen molar-refractivity contribution < 1.29 is 9.32 Å². The highest BCUT2D eigenvalue weighted by molar-refractivity contribution is 7.85. The maximum Gasteiger partial charge on any atom is 0.143 e. The Morgan fingerprint density at radius 2 is 2.03 bits per heavy atom. The smallest absolute Gasteiger partial charge is 0.143 e. The number of hydrogen-bond acceptors (Lipinski definition) is 7. The zero-order valence-corrected chi connectivity index (χ0v) is 17.7. The second-order valence-corrected chi connectivity index (χ2v) is 10.1. The minimum atomic E-state index is -1.02. The van der Waals surface area contributed by atoms with Gasteiger partial charge in [-0.25, -0.2) is 15.0 Å². The van der Waals surface area contributed by atoms with E-state index in [2.05, 4.69) is 20.2 Å². The van der Waals surface area contributed by atoms with Crippen LogP contribution in [0.1, 0.15) is 41.9 Å². The van der Waals surface area contributed by atoms with E-state index in [0.717, 1.165) is 74.0 Å². The Morgan fingerprint density at radius 1 is 1.24 bits per heavy atom. The van der Waals surface area contributed by atoms with Crippen molar-refractivity contribution in [3.8, 4) is 0 Å². The summed E-state index contributed by atoms with van der Waals surface area (Å²) in [5, 5.41) is 13.9. The highest BCUT2D eigenvalue weighted by Gasteiger charge is 2.40. The molecule has 0 bridgehead atoms. The minimum Gasteiger partial charge on any atom is -0.394 e. The SMILES string of the molecule is O=[S@@]1CCc2c3c(nc(NC4(CO)CCC4)c21)CN(CCc1ncc(Cl)cn1)C3. The highest BCUT2D eigenvalue weighted by atomic mass is 35.5. The van der Waals surface area contributed by atoms with Gasteiger partial charge in [0.25, 0.3) is 0 Å². The lowest BCUT2D eigenvalue weighted by molar-refractivity contribution is 0.143. The van der Waals surface area contributed by atoms with Crippen LogP contribution in [0.15, 0.2) is 17.3 Å². The number of aliphatic hydroxyl groups is 1. The first-order valence-corrected chi connectivity index (χ1v) is 11.8. The largest absolute Gasteiger partial charge is 0.394 e. The van der Waals surface area contributed by atoms with Crippen molar-refractivity contribution in [1.29, 1.82) is 0 Å². The van der Waals surface area contributed by atoms with Gasteiger partial charge in [0.1, 0.15) is 11.6 Å². The van der Waals surface area contributed by atoms with E-state index in [-0.39, 0.29) is 12.1 Å². The van der Waals surface area contributed by atoms with Gasteiger partial charge in [0.15, 0.2) is 0 Å². The summed E-state index contributed by atoms with van der Waals surface area (Å²) >= 11 is 5.86. The van der Waals surface area contributed by atoms with E-state index in [9.17, 15) is 9.32 Å². The zero-order valence-electron chi connectivity index (χ0n) is 16.2. The van der Waals surface area contributed by atoms with Crippen LogP contribution in [-0.2, 0) is 36.7 Å². The predicted molar refractivity (Wildman–Crippen MR) is 111 cm³/mol. The van der Waals surface area contributed by atoms with Crippen LogP contribution >= 0.6 is 11.6 Å². The first-order chi connectivity index (χ1) is 14.1. The summed E-state index contributed by atoms with van der Waals surface area (Å²) < 4.78 is 12.7. The van der Waals surface area contributed by atoms with Crippen molar-refractivity contribution in [3.63, 3.8) is 0 Å². The molecular weight excluding hydrogens is 410 g/mol. The lowest BCUT2D eigenvalue weighted by Gasteiger charge is -2.41. The van der Waals surface area contributed by atoms with Crippen molar-refractivity contribution in [3.05, 3.63) is 40.1 Å². The number of anilines is 1. The van der Waals surface area contributed by atoms with Crippen LogP contribution in [0.4, 0.5) is 5.82 Å². The van der Waals surface area contributed by atoms with Gasteiger partial charge in [-0.3, -0.25) is 9.11 Å². The van der Waals surface area contributed by atoms with E-state index < -0.39 is 10.8 Å². The molecule has 1 atom stereocenters. The number of aliphatic hydroxyl groups excluding tert-OH is 1. The van der Waals surface area contributed by atoms with Crippen molar-refractivity contribution in [2.45, 2.75) is 55.6 Å². The molecule has 2 N–H and O–H groups in total. The molecule has 4 heterocycles. The molecule has 0 amide bonds. The fourth-order valence-electron chi connectivity index (χ4n) is 4.47. The Bertz CT molecular complexity index is 959. The van der Waals surface area contributed by atoms with E-state index >= 15 is 0 Å². The Morgan fingerprint density at radius 3 is 2.72 bits per heavy atom. The van der Waals surface area contributed by atoms with E-state index in [1.165, 1.54) is 11.1 Å². The Kier molecular flexibility index (Phi) is 5.06.